The van der Waals surface area contributed by atoms with Gasteiger partial charge in [-0.3, -0.25) is 0 Å². The Balaban J connectivity index is 0.000000620. The minimum Gasteiger partial charge on any atom is -0.480 e. The van der Waals surface area contributed by atoms with E-state index >= 15 is 0 Å². The third-order valence-electron chi connectivity index (χ3n) is 3.22. The number of carboxylic acid groups (broad SMARTS) is 1. The second-order valence-corrected chi connectivity index (χ2v) is 6.68. The molecular formula is C15H29N5O4. The maximum absolute atomic E-state index is 11.3. The summed E-state index contributed by atoms with van der Waals surface area (Å²) in [6.45, 7) is 5.00. The van der Waals surface area contributed by atoms with Crippen molar-refractivity contribution in [3.8, 4) is 0 Å². The standard InChI is InChI=1S/C9H16N4O4.C6H13N/c1-9(2,3)17-8(16)12-6(7(14)15)4-5-11-13-10;7-6-4-2-1-3-5-6/h6H,4-5H2,1-3H3,(H,12,16)(H,14,15);6H,1-5,7H2/t6-;/m0./s1. The largest absolute Gasteiger partial charge is 0.480 e. The molecule has 4 N–H and O–H groups in total. The van der Waals surface area contributed by atoms with E-state index in [1.807, 2.05) is 0 Å². The van der Waals surface area contributed by atoms with Crippen LogP contribution >= 0.6 is 0 Å². The van der Waals surface area contributed by atoms with E-state index in [0.717, 1.165) is 0 Å². The van der Waals surface area contributed by atoms with Crippen molar-refractivity contribution in [2.75, 3.05) is 6.54 Å². The van der Waals surface area contributed by atoms with E-state index in [1.54, 1.807) is 20.8 Å². The minimum atomic E-state index is -1.20. The molecule has 9 nitrogen and oxygen atoms in total. The maximum atomic E-state index is 11.3. The Morgan fingerprint density at radius 1 is 1.38 bits per heavy atom. The smallest absolute Gasteiger partial charge is 0.408 e. The molecule has 1 amide bonds. The fourth-order valence-corrected chi connectivity index (χ4v) is 2.07. The molecule has 1 saturated carbocycles. The number of rotatable bonds is 5. The lowest BCUT2D eigenvalue weighted by molar-refractivity contribution is -0.139. The maximum Gasteiger partial charge on any atom is 0.408 e. The van der Waals surface area contributed by atoms with Crippen molar-refractivity contribution in [2.45, 2.75) is 77.0 Å². The van der Waals surface area contributed by atoms with Gasteiger partial charge >= 0.3 is 12.1 Å². The van der Waals surface area contributed by atoms with E-state index in [2.05, 4.69) is 15.3 Å². The van der Waals surface area contributed by atoms with Gasteiger partial charge in [-0.1, -0.05) is 24.4 Å². The van der Waals surface area contributed by atoms with E-state index in [-0.39, 0.29) is 13.0 Å². The van der Waals surface area contributed by atoms with Crippen LogP contribution in [0.1, 0.15) is 59.3 Å². The number of nitrogens with zero attached hydrogens (tertiary/aromatic N) is 3. The van der Waals surface area contributed by atoms with E-state index in [0.29, 0.717) is 6.04 Å². The van der Waals surface area contributed by atoms with Crippen LogP contribution in [-0.2, 0) is 9.53 Å². The van der Waals surface area contributed by atoms with Crippen molar-refractivity contribution in [3.63, 3.8) is 0 Å². The zero-order chi connectivity index (χ0) is 18.6. The first-order valence-electron chi connectivity index (χ1n) is 8.14. The summed E-state index contributed by atoms with van der Waals surface area (Å²) in [7, 11) is 0. The summed E-state index contributed by atoms with van der Waals surface area (Å²) in [6.07, 6.45) is 5.86. The predicted octanol–water partition coefficient (Wildman–Crippen LogP) is 2.94. The summed E-state index contributed by atoms with van der Waals surface area (Å²) in [6, 6.07) is -0.593. The molecule has 138 valence electrons. The van der Waals surface area contributed by atoms with Crippen molar-refractivity contribution >= 4 is 12.1 Å². The highest BCUT2D eigenvalue weighted by molar-refractivity contribution is 5.79. The summed E-state index contributed by atoms with van der Waals surface area (Å²) in [5.41, 5.74) is 13.0. The van der Waals surface area contributed by atoms with Gasteiger partial charge in [-0.05, 0) is 45.6 Å². The number of ether oxygens (including phenoxy) is 1. The zero-order valence-corrected chi connectivity index (χ0v) is 14.7. The Labute approximate surface area is 142 Å². The number of carbonyl (C=O) groups excluding carboxylic acids is 1. The van der Waals surface area contributed by atoms with Crippen molar-refractivity contribution in [1.29, 1.82) is 0 Å². The molecule has 0 aliphatic heterocycles. The van der Waals surface area contributed by atoms with Gasteiger partial charge in [0.05, 0.1) is 0 Å². The van der Waals surface area contributed by atoms with E-state index in [9.17, 15) is 9.59 Å². The quantitative estimate of drug-likeness (QED) is 0.398. The molecule has 1 aliphatic carbocycles. The first kappa shape index (κ1) is 22.0. The molecule has 0 radical (unpaired) electrons. The molecular weight excluding hydrogens is 314 g/mol. The number of hydrogen-bond acceptors (Lipinski definition) is 5. The van der Waals surface area contributed by atoms with Gasteiger partial charge in [-0.2, -0.15) is 0 Å². The summed E-state index contributed by atoms with van der Waals surface area (Å²) in [4.78, 5) is 24.6. The van der Waals surface area contributed by atoms with Crippen molar-refractivity contribution in [2.24, 2.45) is 10.8 Å². The average Bonchev–Trinajstić information content (AvgIpc) is 2.46. The highest BCUT2D eigenvalue weighted by atomic mass is 16.6. The lowest BCUT2D eigenvalue weighted by Gasteiger charge is -2.21. The molecule has 9 heteroatoms. The van der Waals surface area contributed by atoms with E-state index in [1.165, 1.54) is 32.1 Å². The van der Waals surface area contributed by atoms with Crippen molar-refractivity contribution in [1.82, 2.24) is 5.32 Å². The molecule has 0 heterocycles. The molecule has 1 rings (SSSR count). The molecule has 0 aromatic rings. The van der Waals surface area contributed by atoms with Crippen molar-refractivity contribution < 1.29 is 19.4 Å². The summed E-state index contributed by atoms with van der Waals surface area (Å²) in [5.74, 6) is -1.20. The molecule has 1 fully saturated rings. The number of carbonyl (C=O) groups is 2. The third kappa shape index (κ3) is 12.5. The number of hydrogen-bond donors (Lipinski definition) is 3. The predicted molar refractivity (Wildman–Crippen MR) is 90.5 cm³/mol. The first-order chi connectivity index (χ1) is 11.2. The Morgan fingerprint density at radius 3 is 2.33 bits per heavy atom. The van der Waals surface area contributed by atoms with Crippen LogP contribution in [0.2, 0.25) is 0 Å². The molecule has 0 bridgehead atoms. The van der Waals surface area contributed by atoms with Crippen LogP contribution in [0.4, 0.5) is 4.79 Å². The third-order valence-corrected chi connectivity index (χ3v) is 3.22. The summed E-state index contributed by atoms with van der Waals surface area (Å²) in [5, 5.41) is 14.2. The van der Waals surface area contributed by atoms with E-state index < -0.39 is 23.7 Å². The Bertz CT molecular complexity index is 438. The zero-order valence-electron chi connectivity index (χ0n) is 14.7. The van der Waals surface area contributed by atoms with Gasteiger partial charge in [0.2, 0.25) is 0 Å². The molecule has 0 spiro atoms. The molecule has 24 heavy (non-hydrogen) atoms. The van der Waals surface area contributed by atoms with Gasteiger partial charge in [-0.25, -0.2) is 9.59 Å². The molecule has 1 atom stereocenters. The average molecular weight is 343 g/mol. The molecule has 0 aromatic carbocycles. The number of alkyl carbamates (subject to hydrolysis) is 1. The minimum absolute atomic E-state index is 0.0107. The Hall–Kier alpha value is -1.99. The Kier molecular flexibility index (Phi) is 10.6. The summed E-state index contributed by atoms with van der Waals surface area (Å²) >= 11 is 0. The first-order valence-corrected chi connectivity index (χ1v) is 8.14. The number of azide groups is 1. The van der Waals surface area contributed by atoms with E-state index in [4.69, 9.17) is 21.1 Å². The van der Waals surface area contributed by atoms with Gasteiger partial charge in [0.15, 0.2) is 0 Å². The van der Waals surface area contributed by atoms with Crippen LogP contribution in [0.5, 0.6) is 0 Å². The molecule has 0 unspecified atom stereocenters. The topological polar surface area (TPSA) is 150 Å². The van der Waals surface area contributed by atoms with Crippen LogP contribution in [0.15, 0.2) is 5.11 Å². The van der Waals surface area contributed by atoms with Crippen LogP contribution < -0.4 is 11.1 Å². The lowest BCUT2D eigenvalue weighted by atomic mass is 9.97. The Morgan fingerprint density at radius 2 is 1.96 bits per heavy atom. The SMILES string of the molecule is CC(C)(C)OC(=O)N[C@@H](CCN=[N+]=[N-])C(=O)O.NC1CCCCC1. The number of amides is 1. The van der Waals surface area contributed by atoms with Crippen molar-refractivity contribution in [3.05, 3.63) is 10.4 Å². The highest BCUT2D eigenvalue weighted by Crippen LogP contribution is 2.14. The molecule has 0 aromatic heterocycles. The van der Waals surface area contributed by atoms with Crippen LogP contribution in [0.3, 0.4) is 0 Å². The normalized spacial score (nSPS) is 16.0. The number of aliphatic carboxylic acids is 1. The number of nitrogens with two attached hydrogens (primary N) is 1. The second kappa shape index (κ2) is 11.5. The van der Waals surface area contributed by atoms with Gasteiger partial charge in [0.25, 0.3) is 0 Å². The fourth-order valence-electron chi connectivity index (χ4n) is 2.07. The van der Waals surface area contributed by atoms with Crippen LogP contribution in [-0.4, -0.2) is 41.4 Å². The number of nitrogens with one attached hydrogen (secondary N) is 1. The second-order valence-electron chi connectivity index (χ2n) is 6.68. The fraction of sp³-hybridized carbons (Fsp3) is 0.867. The lowest BCUT2D eigenvalue weighted by Crippen LogP contribution is -2.43. The number of carboxylic acids is 1. The van der Waals surface area contributed by atoms with Gasteiger partial charge in [0.1, 0.15) is 11.6 Å². The highest BCUT2D eigenvalue weighted by Gasteiger charge is 2.23. The monoisotopic (exact) mass is 343 g/mol. The van der Waals surface area contributed by atoms with Gasteiger partial charge < -0.3 is 20.9 Å². The molecule has 1 aliphatic rings. The van der Waals surface area contributed by atoms with Crippen LogP contribution in [0, 0.1) is 0 Å². The van der Waals surface area contributed by atoms with Gasteiger partial charge in [0, 0.05) is 17.5 Å². The molecule has 0 saturated heterocycles. The van der Waals surface area contributed by atoms with Crippen LogP contribution in [0.25, 0.3) is 10.4 Å². The van der Waals surface area contributed by atoms with Gasteiger partial charge in [-0.15, -0.1) is 0 Å². The summed E-state index contributed by atoms with van der Waals surface area (Å²) < 4.78 is 4.91.